The van der Waals surface area contributed by atoms with Crippen molar-refractivity contribution < 1.29 is 13.2 Å². The van der Waals surface area contributed by atoms with Crippen LogP contribution in [-0.2, 0) is 23.1 Å². The van der Waals surface area contributed by atoms with Gasteiger partial charge in [-0.1, -0.05) is 48.0 Å². The molecule has 1 N–H and O–H groups in total. The van der Waals surface area contributed by atoms with Crippen LogP contribution in [0.25, 0.3) is 0 Å². The fourth-order valence-corrected chi connectivity index (χ4v) is 5.26. The molecule has 0 saturated carbocycles. The van der Waals surface area contributed by atoms with Crippen molar-refractivity contribution in [1.29, 1.82) is 0 Å². The summed E-state index contributed by atoms with van der Waals surface area (Å²) in [6.45, 7) is 2.29. The van der Waals surface area contributed by atoms with E-state index in [2.05, 4.69) is 4.72 Å². The van der Waals surface area contributed by atoms with Gasteiger partial charge in [-0.3, -0.25) is 4.79 Å². The zero-order valence-electron chi connectivity index (χ0n) is 16.1. The molecule has 0 aliphatic heterocycles. The predicted octanol–water partition coefficient (Wildman–Crippen LogP) is 4.46. The van der Waals surface area contributed by atoms with E-state index in [-0.39, 0.29) is 17.3 Å². The van der Waals surface area contributed by atoms with Gasteiger partial charge in [0.25, 0.3) is 5.91 Å². The molecule has 5 nitrogen and oxygen atoms in total. The first-order valence-electron chi connectivity index (χ1n) is 8.90. The molecule has 8 heteroatoms. The summed E-state index contributed by atoms with van der Waals surface area (Å²) in [7, 11) is -2.08. The maximum atomic E-state index is 12.8. The van der Waals surface area contributed by atoms with Gasteiger partial charge in [0.2, 0.25) is 10.0 Å². The Morgan fingerprint density at radius 3 is 2.48 bits per heavy atom. The van der Waals surface area contributed by atoms with Crippen LogP contribution in [0, 0.1) is 6.92 Å². The monoisotopic (exact) mass is 448 g/mol. The number of amides is 1. The van der Waals surface area contributed by atoms with Crippen LogP contribution in [0.4, 0.5) is 0 Å². The molecule has 152 valence electrons. The van der Waals surface area contributed by atoms with Gasteiger partial charge < -0.3 is 4.90 Å². The third-order valence-corrected chi connectivity index (χ3v) is 7.16. The van der Waals surface area contributed by atoms with Gasteiger partial charge in [-0.05, 0) is 42.3 Å². The third kappa shape index (κ3) is 5.45. The Hall–Kier alpha value is -2.19. The smallest absolute Gasteiger partial charge is 0.253 e. The third-order valence-electron chi connectivity index (χ3n) is 4.40. The Morgan fingerprint density at radius 1 is 1.10 bits per heavy atom. The average Bonchev–Trinajstić information content (AvgIpc) is 3.11. The summed E-state index contributed by atoms with van der Waals surface area (Å²) in [5.41, 5.74) is 1.76. The fourth-order valence-electron chi connectivity index (χ4n) is 2.84. The number of nitrogens with one attached hydrogen (secondary N) is 1. The van der Waals surface area contributed by atoms with Crippen LogP contribution in [0.2, 0.25) is 4.34 Å². The first kappa shape index (κ1) is 21.5. The number of nitrogens with zero attached hydrogens (tertiary/aromatic N) is 1. The molecule has 1 aromatic heterocycles. The number of hydrogen-bond donors (Lipinski definition) is 1. The molecule has 1 heterocycles. The molecule has 0 atom stereocenters. The molecule has 1 amide bonds. The number of thiophene rings is 1. The highest BCUT2D eigenvalue weighted by Crippen LogP contribution is 2.23. The van der Waals surface area contributed by atoms with Gasteiger partial charge in [0.05, 0.1) is 15.8 Å². The molecule has 0 saturated heterocycles. The number of rotatable bonds is 7. The quantitative estimate of drug-likeness (QED) is 0.580. The maximum absolute atomic E-state index is 12.8. The van der Waals surface area contributed by atoms with Crippen LogP contribution in [0.3, 0.4) is 0 Å². The van der Waals surface area contributed by atoms with Crippen LogP contribution in [0.1, 0.15) is 26.4 Å². The Labute approximate surface area is 180 Å². The standard InChI is InChI=1S/C21H21ClN2O3S2/c1-15-8-9-17(21(25)24(2)14-18-10-11-20(22)28-18)12-19(15)29(26,27)23-13-16-6-4-3-5-7-16/h3-12,23H,13-14H2,1-2H3. The highest BCUT2D eigenvalue weighted by Gasteiger charge is 2.20. The number of sulfonamides is 1. The summed E-state index contributed by atoms with van der Waals surface area (Å²) in [6.07, 6.45) is 0. The van der Waals surface area contributed by atoms with Crippen molar-refractivity contribution in [3.05, 3.63) is 86.6 Å². The van der Waals surface area contributed by atoms with Gasteiger partial charge in [-0.25, -0.2) is 13.1 Å². The largest absolute Gasteiger partial charge is 0.337 e. The van der Waals surface area contributed by atoms with Crippen molar-refractivity contribution in [2.24, 2.45) is 0 Å². The molecule has 0 fully saturated rings. The molecule has 2 aromatic carbocycles. The van der Waals surface area contributed by atoms with Crippen molar-refractivity contribution in [3.63, 3.8) is 0 Å². The molecule has 0 spiro atoms. The number of hydrogen-bond acceptors (Lipinski definition) is 4. The minimum Gasteiger partial charge on any atom is -0.337 e. The van der Waals surface area contributed by atoms with E-state index in [1.807, 2.05) is 36.4 Å². The molecule has 0 aliphatic carbocycles. The molecule has 0 bridgehead atoms. The minimum atomic E-state index is -3.76. The van der Waals surface area contributed by atoms with Gasteiger partial charge >= 0.3 is 0 Å². The van der Waals surface area contributed by atoms with Gasteiger partial charge in [0.1, 0.15) is 0 Å². The minimum absolute atomic E-state index is 0.104. The SMILES string of the molecule is Cc1ccc(C(=O)N(C)Cc2ccc(Cl)s2)cc1S(=O)(=O)NCc1ccccc1. The van der Waals surface area contributed by atoms with Crippen LogP contribution in [0.15, 0.2) is 65.6 Å². The molecule has 0 radical (unpaired) electrons. The number of carbonyl (C=O) groups excluding carboxylic acids is 1. The van der Waals surface area contributed by atoms with E-state index in [4.69, 9.17) is 11.6 Å². The van der Waals surface area contributed by atoms with E-state index < -0.39 is 10.0 Å². The van der Waals surface area contributed by atoms with Crippen LogP contribution in [0.5, 0.6) is 0 Å². The zero-order chi connectivity index (χ0) is 21.0. The summed E-state index contributed by atoms with van der Waals surface area (Å²) in [4.78, 5) is 15.4. The van der Waals surface area contributed by atoms with E-state index in [9.17, 15) is 13.2 Å². The van der Waals surface area contributed by atoms with E-state index in [0.717, 1.165) is 10.4 Å². The average molecular weight is 449 g/mol. The summed E-state index contributed by atoms with van der Waals surface area (Å²) < 4.78 is 28.9. The molecule has 29 heavy (non-hydrogen) atoms. The van der Waals surface area contributed by atoms with Gasteiger partial charge in [-0.15, -0.1) is 11.3 Å². The Balaban J connectivity index is 1.78. The van der Waals surface area contributed by atoms with E-state index in [1.165, 1.54) is 17.4 Å². The number of aryl methyl sites for hydroxylation is 1. The highest BCUT2D eigenvalue weighted by molar-refractivity contribution is 7.89. The van der Waals surface area contributed by atoms with Gasteiger partial charge in [0.15, 0.2) is 0 Å². The van der Waals surface area contributed by atoms with Gasteiger partial charge in [-0.2, -0.15) is 0 Å². The predicted molar refractivity (Wildman–Crippen MR) is 117 cm³/mol. The molecule has 0 aliphatic rings. The summed E-state index contributed by atoms with van der Waals surface area (Å²) in [5, 5.41) is 0. The second-order valence-electron chi connectivity index (χ2n) is 6.66. The lowest BCUT2D eigenvalue weighted by atomic mass is 10.1. The molecule has 3 aromatic rings. The summed E-state index contributed by atoms with van der Waals surface area (Å²) >= 11 is 7.35. The normalized spacial score (nSPS) is 11.4. The first-order valence-corrected chi connectivity index (χ1v) is 11.6. The van der Waals surface area contributed by atoms with Crippen molar-refractivity contribution in [2.75, 3.05) is 7.05 Å². The fraction of sp³-hybridized carbons (Fsp3) is 0.190. The van der Waals surface area contributed by atoms with Crippen molar-refractivity contribution in [2.45, 2.75) is 24.9 Å². The van der Waals surface area contributed by atoms with Crippen LogP contribution >= 0.6 is 22.9 Å². The highest BCUT2D eigenvalue weighted by atomic mass is 35.5. The topological polar surface area (TPSA) is 66.5 Å². The maximum Gasteiger partial charge on any atom is 0.253 e. The number of halogens is 1. The van der Waals surface area contributed by atoms with Crippen LogP contribution in [-0.4, -0.2) is 26.3 Å². The van der Waals surface area contributed by atoms with E-state index in [0.29, 0.717) is 22.0 Å². The molecular formula is C21H21ClN2O3S2. The molecular weight excluding hydrogens is 428 g/mol. The van der Waals surface area contributed by atoms with Crippen molar-refractivity contribution in [1.82, 2.24) is 9.62 Å². The second-order valence-corrected chi connectivity index (χ2v) is 10.2. The lowest BCUT2D eigenvalue weighted by Gasteiger charge is -2.17. The Kier molecular flexibility index (Phi) is 6.74. The Morgan fingerprint density at radius 2 is 1.83 bits per heavy atom. The number of carbonyl (C=O) groups is 1. The van der Waals surface area contributed by atoms with Crippen LogP contribution < -0.4 is 4.72 Å². The van der Waals surface area contributed by atoms with E-state index >= 15 is 0 Å². The van der Waals surface area contributed by atoms with Crippen molar-refractivity contribution >= 4 is 38.9 Å². The number of benzene rings is 2. The summed E-state index contributed by atoms with van der Waals surface area (Å²) in [6, 6.07) is 17.7. The molecule has 0 unspecified atom stereocenters. The van der Waals surface area contributed by atoms with E-state index in [1.54, 1.807) is 37.1 Å². The first-order chi connectivity index (χ1) is 13.8. The van der Waals surface area contributed by atoms with Gasteiger partial charge in [0, 0.05) is 24.0 Å². The molecule has 3 rings (SSSR count). The Bertz CT molecular complexity index is 1110. The lowest BCUT2D eigenvalue weighted by molar-refractivity contribution is 0.0786. The lowest BCUT2D eigenvalue weighted by Crippen LogP contribution is -2.27. The second kappa shape index (κ2) is 9.09. The summed E-state index contributed by atoms with van der Waals surface area (Å²) in [5.74, 6) is -0.256. The van der Waals surface area contributed by atoms with Crippen molar-refractivity contribution in [3.8, 4) is 0 Å². The zero-order valence-corrected chi connectivity index (χ0v) is 18.4.